The number of carbonyl (C=O) groups is 3. The van der Waals surface area contributed by atoms with Gasteiger partial charge >= 0.3 is 17.9 Å². The molecule has 0 aromatic heterocycles. The van der Waals surface area contributed by atoms with E-state index in [1.54, 1.807) is 0 Å². The normalized spacial score (nSPS) is 12.0. The summed E-state index contributed by atoms with van der Waals surface area (Å²) in [6.07, 6.45) is 51.1. The molecule has 0 aliphatic rings. The highest BCUT2D eigenvalue weighted by Crippen LogP contribution is 2.18. The van der Waals surface area contributed by atoms with Crippen molar-refractivity contribution in [2.45, 2.75) is 317 Å². The number of carbonyl (C=O) groups excluding carboxylic acids is 3. The SMILES string of the molecule is CCCCCCCCCCCCCCCCCCCCC(=O)OC[C@@H](COC(=O)CCCCCCCCC(C)C)OC(=O)CCCCCCCCCCCCCCCCC(C)C. The van der Waals surface area contributed by atoms with Crippen molar-refractivity contribution in [1.29, 1.82) is 0 Å². The first kappa shape index (κ1) is 60.4. The van der Waals surface area contributed by atoms with Crippen LogP contribution in [0.15, 0.2) is 0 Å². The molecule has 368 valence electrons. The Morgan fingerprint density at radius 3 is 0.790 bits per heavy atom. The smallest absolute Gasteiger partial charge is 0.306 e. The third-order valence-electron chi connectivity index (χ3n) is 12.7. The minimum Gasteiger partial charge on any atom is -0.462 e. The van der Waals surface area contributed by atoms with E-state index in [0.717, 1.165) is 69.6 Å². The Morgan fingerprint density at radius 2 is 0.532 bits per heavy atom. The van der Waals surface area contributed by atoms with E-state index >= 15 is 0 Å². The third-order valence-corrected chi connectivity index (χ3v) is 12.7. The number of hydrogen-bond donors (Lipinski definition) is 0. The molecule has 6 nitrogen and oxygen atoms in total. The molecule has 0 saturated carbocycles. The number of ether oxygens (including phenoxy) is 3. The van der Waals surface area contributed by atoms with E-state index in [0.29, 0.717) is 19.3 Å². The molecule has 0 N–H and O–H groups in total. The van der Waals surface area contributed by atoms with Crippen molar-refractivity contribution in [3.05, 3.63) is 0 Å². The Bertz CT molecular complexity index is 947. The van der Waals surface area contributed by atoms with Crippen LogP contribution in [0.1, 0.15) is 311 Å². The lowest BCUT2D eigenvalue weighted by Gasteiger charge is -2.18. The van der Waals surface area contributed by atoms with E-state index in [1.807, 2.05) is 0 Å². The summed E-state index contributed by atoms with van der Waals surface area (Å²) in [5, 5.41) is 0. The Labute approximate surface area is 387 Å². The van der Waals surface area contributed by atoms with E-state index in [9.17, 15) is 14.4 Å². The van der Waals surface area contributed by atoms with Crippen molar-refractivity contribution in [3.63, 3.8) is 0 Å². The molecule has 0 saturated heterocycles. The molecule has 0 unspecified atom stereocenters. The molecule has 0 bridgehead atoms. The van der Waals surface area contributed by atoms with Crippen molar-refractivity contribution in [2.24, 2.45) is 11.8 Å². The van der Waals surface area contributed by atoms with Gasteiger partial charge in [0.25, 0.3) is 0 Å². The van der Waals surface area contributed by atoms with Crippen molar-refractivity contribution in [2.75, 3.05) is 13.2 Å². The molecule has 0 radical (unpaired) electrons. The van der Waals surface area contributed by atoms with Gasteiger partial charge in [-0.3, -0.25) is 14.4 Å². The second-order valence-electron chi connectivity index (χ2n) is 20.2. The summed E-state index contributed by atoms with van der Waals surface area (Å²) in [7, 11) is 0. The predicted molar refractivity (Wildman–Crippen MR) is 266 cm³/mol. The van der Waals surface area contributed by atoms with E-state index in [4.69, 9.17) is 14.2 Å². The lowest BCUT2D eigenvalue weighted by molar-refractivity contribution is -0.167. The van der Waals surface area contributed by atoms with Gasteiger partial charge in [0.05, 0.1) is 0 Å². The first-order valence-corrected chi connectivity index (χ1v) is 27.7. The summed E-state index contributed by atoms with van der Waals surface area (Å²) in [4.78, 5) is 38.0. The van der Waals surface area contributed by atoms with Crippen LogP contribution >= 0.6 is 0 Å². The number of esters is 3. The second-order valence-corrected chi connectivity index (χ2v) is 20.2. The molecule has 62 heavy (non-hydrogen) atoms. The van der Waals surface area contributed by atoms with Crippen LogP contribution in [0, 0.1) is 11.8 Å². The minimum atomic E-state index is -0.762. The van der Waals surface area contributed by atoms with Crippen LogP contribution in [0.3, 0.4) is 0 Å². The zero-order valence-electron chi connectivity index (χ0n) is 42.5. The number of hydrogen-bond acceptors (Lipinski definition) is 6. The molecule has 0 fully saturated rings. The maximum Gasteiger partial charge on any atom is 0.306 e. The molecule has 0 aromatic carbocycles. The summed E-state index contributed by atoms with van der Waals surface area (Å²) in [6, 6.07) is 0. The predicted octanol–water partition coefficient (Wildman–Crippen LogP) is 18.1. The van der Waals surface area contributed by atoms with Crippen LogP contribution in [0.4, 0.5) is 0 Å². The van der Waals surface area contributed by atoms with Gasteiger partial charge in [-0.15, -0.1) is 0 Å². The molecule has 0 spiro atoms. The van der Waals surface area contributed by atoms with E-state index < -0.39 is 6.10 Å². The van der Waals surface area contributed by atoms with Crippen LogP contribution in [0.2, 0.25) is 0 Å². The quantitative estimate of drug-likeness (QED) is 0.0344. The number of unbranched alkanes of at least 4 members (excludes halogenated alkanes) is 35. The highest BCUT2D eigenvalue weighted by Gasteiger charge is 2.19. The molecule has 0 amide bonds. The summed E-state index contributed by atoms with van der Waals surface area (Å²) in [5.74, 6) is 0.758. The maximum atomic E-state index is 12.8. The zero-order valence-corrected chi connectivity index (χ0v) is 42.5. The van der Waals surface area contributed by atoms with Crippen molar-refractivity contribution in [1.82, 2.24) is 0 Å². The highest BCUT2D eigenvalue weighted by atomic mass is 16.6. The van der Waals surface area contributed by atoms with E-state index in [1.165, 1.54) is 199 Å². The molecular formula is C56H108O6. The Kier molecular flexibility index (Phi) is 47.6. The average molecular weight is 877 g/mol. The Morgan fingerprint density at radius 1 is 0.306 bits per heavy atom. The van der Waals surface area contributed by atoms with Gasteiger partial charge in [0.2, 0.25) is 0 Å². The fourth-order valence-electron chi connectivity index (χ4n) is 8.52. The standard InChI is InChI=1S/C56H108O6/c1-6-7-8-9-10-11-12-13-14-15-16-17-21-24-27-30-36-41-46-54(57)60-49-53(50-61-55(58)47-42-37-33-32-35-40-45-52(4)5)62-56(59)48-43-38-31-28-25-22-19-18-20-23-26-29-34-39-44-51(2)3/h51-53H,6-50H2,1-5H3/t53-/m0/s1. The van der Waals surface area contributed by atoms with Gasteiger partial charge < -0.3 is 14.2 Å². The zero-order chi connectivity index (χ0) is 45.4. The summed E-state index contributed by atoms with van der Waals surface area (Å²) < 4.78 is 16.8. The topological polar surface area (TPSA) is 78.9 Å². The Hall–Kier alpha value is -1.59. The molecule has 0 aliphatic heterocycles. The minimum absolute atomic E-state index is 0.0639. The summed E-state index contributed by atoms with van der Waals surface area (Å²) in [5.41, 5.74) is 0. The molecule has 6 heteroatoms. The average Bonchev–Trinajstić information content (AvgIpc) is 3.24. The van der Waals surface area contributed by atoms with E-state index in [2.05, 4.69) is 34.6 Å². The summed E-state index contributed by atoms with van der Waals surface area (Å²) >= 11 is 0. The van der Waals surface area contributed by atoms with Crippen molar-refractivity contribution >= 4 is 17.9 Å². The van der Waals surface area contributed by atoms with Gasteiger partial charge in [-0.05, 0) is 31.1 Å². The highest BCUT2D eigenvalue weighted by molar-refractivity contribution is 5.71. The van der Waals surface area contributed by atoms with Crippen molar-refractivity contribution in [3.8, 4) is 0 Å². The Balaban J connectivity index is 4.23. The van der Waals surface area contributed by atoms with Gasteiger partial charge in [-0.25, -0.2) is 0 Å². The van der Waals surface area contributed by atoms with Gasteiger partial charge in [0.15, 0.2) is 6.10 Å². The van der Waals surface area contributed by atoms with E-state index in [-0.39, 0.29) is 31.1 Å². The van der Waals surface area contributed by atoms with Crippen LogP contribution in [-0.2, 0) is 28.6 Å². The van der Waals surface area contributed by atoms with Crippen LogP contribution in [0.25, 0.3) is 0 Å². The number of rotatable bonds is 50. The van der Waals surface area contributed by atoms with Crippen LogP contribution in [0.5, 0.6) is 0 Å². The molecular weight excluding hydrogens is 769 g/mol. The van der Waals surface area contributed by atoms with Crippen molar-refractivity contribution < 1.29 is 28.6 Å². The first-order chi connectivity index (χ1) is 30.2. The molecule has 0 aromatic rings. The third kappa shape index (κ3) is 49.4. The molecule has 1 atom stereocenters. The van der Waals surface area contributed by atoms with Gasteiger partial charge in [-0.1, -0.05) is 272 Å². The second kappa shape index (κ2) is 48.9. The maximum absolute atomic E-state index is 12.8. The first-order valence-electron chi connectivity index (χ1n) is 27.7. The fraction of sp³-hybridized carbons (Fsp3) is 0.946. The van der Waals surface area contributed by atoms with Crippen LogP contribution in [-0.4, -0.2) is 37.2 Å². The lowest BCUT2D eigenvalue weighted by atomic mass is 10.0. The van der Waals surface area contributed by atoms with Gasteiger partial charge in [-0.2, -0.15) is 0 Å². The lowest BCUT2D eigenvalue weighted by Crippen LogP contribution is -2.30. The van der Waals surface area contributed by atoms with Gasteiger partial charge in [0.1, 0.15) is 13.2 Å². The molecule has 0 heterocycles. The van der Waals surface area contributed by atoms with Crippen LogP contribution < -0.4 is 0 Å². The fourth-order valence-corrected chi connectivity index (χ4v) is 8.52. The largest absolute Gasteiger partial charge is 0.462 e. The molecule has 0 aliphatic carbocycles. The summed E-state index contributed by atoms with van der Waals surface area (Å²) in [6.45, 7) is 11.3. The monoisotopic (exact) mass is 877 g/mol. The van der Waals surface area contributed by atoms with Gasteiger partial charge in [0, 0.05) is 19.3 Å². The molecule has 0 rings (SSSR count).